The molecule has 28 heavy (non-hydrogen) atoms. The van der Waals surface area contributed by atoms with Crippen LogP contribution in [-0.4, -0.2) is 50.4 Å². The highest BCUT2D eigenvalue weighted by Crippen LogP contribution is 2.28. The second kappa shape index (κ2) is 7.33. The molecular formula is C19H24FN5O3. The number of aliphatic hydroxyl groups is 1. The van der Waals surface area contributed by atoms with Crippen LogP contribution < -0.4 is 16.6 Å². The third kappa shape index (κ3) is 3.63. The van der Waals surface area contributed by atoms with Gasteiger partial charge >= 0.3 is 0 Å². The Labute approximate surface area is 161 Å². The van der Waals surface area contributed by atoms with Crippen molar-refractivity contribution >= 4 is 17.3 Å². The molecule has 2 heterocycles. The summed E-state index contributed by atoms with van der Waals surface area (Å²) in [6, 6.07) is 5.42. The standard InChI is InChI=1S/C19H24FN5O3/c1-4-12-5-6-14(13(20)7-12)22-15-8-16(26)24(3)23-17(15)18(27)25-9-19(28,10-25)11(2)21/h5-8,11,22,28H,4,9-10,21H2,1-3H3. The van der Waals surface area contributed by atoms with E-state index in [-0.39, 0.29) is 30.2 Å². The van der Waals surface area contributed by atoms with E-state index in [0.717, 1.165) is 10.2 Å². The van der Waals surface area contributed by atoms with Crippen LogP contribution in [0.5, 0.6) is 0 Å². The number of hydrogen-bond acceptors (Lipinski definition) is 6. The van der Waals surface area contributed by atoms with E-state index >= 15 is 0 Å². The van der Waals surface area contributed by atoms with Crippen LogP contribution in [0.2, 0.25) is 0 Å². The minimum atomic E-state index is -1.15. The molecule has 2 aromatic rings. The highest BCUT2D eigenvalue weighted by atomic mass is 19.1. The minimum Gasteiger partial charge on any atom is -0.385 e. The average molecular weight is 389 g/mol. The number of rotatable bonds is 5. The maximum absolute atomic E-state index is 14.4. The molecule has 1 aliphatic rings. The Morgan fingerprint density at radius 2 is 2.07 bits per heavy atom. The van der Waals surface area contributed by atoms with E-state index in [2.05, 4.69) is 10.4 Å². The number of benzene rings is 1. The fourth-order valence-electron chi connectivity index (χ4n) is 3.01. The Bertz CT molecular complexity index is 967. The summed E-state index contributed by atoms with van der Waals surface area (Å²) in [6.07, 6.45) is 0.686. The molecule has 0 aliphatic carbocycles. The largest absolute Gasteiger partial charge is 0.385 e. The number of nitrogens with zero attached hydrogens (tertiary/aromatic N) is 3. The molecule has 0 saturated carbocycles. The summed E-state index contributed by atoms with van der Waals surface area (Å²) in [7, 11) is 1.42. The van der Waals surface area contributed by atoms with Gasteiger partial charge in [0.2, 0.25) is 0 Å². The first kappa shape index (κ1) is 20.0. The van der Waals surface area contributed by atoms with Crippen LogP contribution in [0.15, 0.2) is 29.1 Å². The predicted octanol–water partition coefficient (Wildman–Crippen LogP) is 0.760. The molecule has 1 fully saturated rings. The van der Waals surface area contributed by atoms with E-state index in [1.54, 1.807) is 19.1 Å². The van der Waals surface area contributed by atoms with Gasteiger partial charge in [-0.3, -0.25) is 9.59 Å². The number of halogens is 1. The van der Waals surface area contributed by atoms with Crippen molar-refractivity contribution in [1.82, 2.24) is 14.7 Å². The van der Waals surface area contributed by atoms with Crippen LogP contribution in [0.3, 0.4) is 0 Å². The molecule has 1 aliphatic heterocycles. The van der Waals surface area contributed by atoms with E-state index in [1.165, 1.54) is 24.1 Å². The first-order valence-corrected chi connectivity index (χ1v) is 9.05. The summed E-state index contributed by atoms with van der Waals surface area (Å²) in [4.78, 5) is 26.3. The van der Waals surface area contributed by atoms with Gasteiger partial charge in [-0.15, -0.1) is 0 Å². The summed E-state index contributed by atoms with van der Waals surface area (Å²) in [5.74, 6) is -0.970. The van der Waals surface area contributed by atoms with Crippen molar-refractivity contribution in [3.63, 3.8) is 0 Å². The lowest BCUT2D eigenvalue weighted by Gasteiger charge is -2.48. The van der Waals surface area contributed by atoms with Gasteiger partial charge in [0.05, 0.1) is 24.5 Å². The van der Waals surface area contributed by atoms with Gasteiger partial charge in [-0.25, -0.2) is 9.07 Å². The van der Waals surface area contributed by atoms with Gasteiger partial charge < -0.3 is 21.1 Å². The van der Waals surface area contributed by atoms with Crippen molar-refractivity contribution in [3.8, 4) is 0 Å². The number of anilines is 2. The Hall–Kier alpha value is -2.78. The van der Waals surface area contributed by atoms with Crippen LogP contribution in [0.4, 0.5) is 15.8 Å². The highest BCUT2D eigenvalue weighted by Gasteiger charge is 2.47. The lowest BCUT2D eigenvalue weighted by molar-refractivity contribution is -0.0933. The van der Waals surface area contributed by atoms with E-state index < -0.39 is 28.9 Å². The summed E-state index contributed by atoms with van der Waals surface area (Å²) in [6.45, 7) is 3.71. The quantitative estimate of drug-likeness (QED) is 0.696. The Kier molecular flexibility index (Phi) is 5.22. The van der Waals surface area contributed by atoms with Crippen LogP contribution in [0.1, 0.15) is 29.9 Å². The first-order valence-electron chi connectivity index (χ1n) is 9.05. The predicted molar refractivity (Wildman–Crippen MR) is 103 cm³/mol. The van der Waals surface area contributed by atoms with E-state index in [1.807, 2.05) is 6.92 Å². The molecule has 1 unspecified atom stereocenters. The Morgan fingerprint density at radius 3 is 2.64 bits per heavy atom. The molecule has 1 aromatic carbocycles. The summed E-state index contributed by atoms with van der Waals surface area (Å²) >= 11 is 0. The molecule has 1 saturated heterocycles. The smallest absolute Gasteiger partial charge is 0.276 e. The van der Waals surface area contributed by atoms with E-state index in [4.69, 9.17) is 5.73 Å². The zero-order valence-electron chi connectivity index (χ0n) is 16.1. The molecule has 1 aromatic heterocycles. The lowest BCUT2D eigenvalue weighted by Crippen LogP contribution is -2.70. The highest BCUT2D eigenvalue weighted by molar-refractivity contribution is 5.98. The minimum absolute atomic E-state index is 0.0345. The number of carbonyl (C=O) groups is 1. The molecule has 0 bridgehead atoms. The third-order valence-corrected chi connectivity index (χ3v) is 5.07. The number of β-amino-alcohol motifs (C(OH)–C–C–N with tert-alkyl or cyclic N) is 1. The Balaban J connectivity index is 1.91. The van der Waals surface area contributed by atoms with Gasteiger partial charge in [0.25, 0.3) is 11.5 Å². The lowest BCUT2D eigenvalue weighted by atomic mass is 9.87. The number of aryl methyl sites for hydroxylation is 2. The van der Waals surface area contributed by atoms with Crippen molar-refractivity contribution in [2.24, 2.45) is 12.8 Å². The van der Waals surface area contributed by atoms with E-state index in [9.17, 15) is 19.1 Å². The zero-order valence-corrected chi connectivity index (χ0v) is 16.1. The van der Waals surface area contributed by atoms with Crippen molar-refractivity contribution in [1.29, 1.82) is 0 Å². The number of nitrogens with one attached hydrogen (secondary N) is 1. The van der Waals surface area contributed by atoms with Crippen molar-refractivity contribution < 1.29 is 14.3 Å². The second-order valence-corrected chi connectivity index (χ2v) is 7.21. The first-order chi connectivity index (χ1) is 13.1. The number of carbonyl (C=O) groups excluding carboxylic acids is 1. The number of hydrogen-bond donors (Lipinski definition) is 3. The number of likely N-dealkylation sites (tertiary alicyclic amines) is 1. The third-order valence-electron chi connectivity index (χ3n) is 5.07. The molecule has 150 valence electrons. The van der Waals surface area contributed by atoms with E-state index in [0.29, 0.717) is 6.42 Å². The zero-order chi connectivity index (χ0) is 20.6. The summed E-state index contributed by atoms with van der Waals surface area (Å²) in [5, 5.41) is 17.1. The normalized spacial score (nSPS) is 16.4. The molecule has 4 N–H and O–H groups in total. The Morgan fingerprint density at radius 1 is 1.39 bits per heavy atom. The van der Waals surface area contributed by atoms with Crippen LogP contribution in [-0.2, 0) is 13.5 Å². The fraction of sp³-hybridized carbons (Fsp3) is 0.421. The molecule has 1 amide bonds. The number of aromatic nitrogens is 2. The SMILES string of the molecule is CCc1ccc(Nc2cc(=O)n(C)nc2C(=O)N2CC(O)(C(C)N)C2)c(F)c1. The van der Waals surface area contributed by atoms with Crippen LogP contribution in [0, 0.1) is 5.82 Å². The molecule has 0 spiro atoms. The maximum Gasteiger partial charge on any atom is 0.276 e. The van der Waals surface area contributed by atoms with Gasteiger partial charge in [-0.2, -0.15) is 5.10 Å². The van der Waals surface area contributed by atoms with Gasteiger partial charge in [-0.05, 0) is 31.0 Å². The average Bonchev–Trinajstić information content (AvgIpc) is 2.62. The summed E-state index contributed by atoms with van der Waals surface area (Å²) < 4.78 is 15.4. The molecule has 3 rings (SSSR count). The molecule has 9 heteroatoms. The molecular weight excluding hydrogens is 365 g/mol. The van der Waals surface area contributed by atoms with Gasteiger partial charge in [0, 0.05) is 19.2 Å². The molecule has 1 atom stereocenters. The van der Waals surface area contributed by atoms with Crippen molar-refractivity contribution in [2.45, 2.75) is 31.9 Å². The van der Waals surface area contributed by atoms with Gasteiger partial charge in [-0.1, -0.05) is 13.0 Å². The number of nitrogens with two attached hydrogens (primary N) is 1. The van der Waals surface area contributed by atoms with Gasteiger partial charge in [0.15, 0.2) is 5.69 Å². The van der Waals surface area contributed by atoms with Crippen molar-refractivity contribution in [2.75, 3.05) is 18.4 Å². The van der Waals surface area contributed by atoms with Gasteiger partial charge in [0.1, 0.15) is 11.4 Å². The van der Waals surface area contributed by atoms with Crippen molar-refractivity contribution in [3.05, 3.63) is 51.7 Å². The van der Waals surface area contributed by atoms with Crippen LogP contribution >= 0.6 is 0 Å². The second-order valence-electron chi connectivity index (χ2n) is 7.21. The monoisotopic (exact) mass is 389 g/mol. The maximum atomic E-state index is 14.4. The topological polar surface area (TPSA) is 113 Å². The number of amides is 1. The van der Waals surface area contributed by atoms with Crippen LogP contribution in [0.25, 0.3) is 0 Å². The fourth-order valence-corrected chi connectivity index (χ4v) is 3.01. The molecule has 0 radical (unpaired) electrons. The molecule has 8 nitrogen and oxygen atoms in total. The summed E-state index contributed by atoms with van der Waals surface area (Å²) in [5.41, 5.74) is 5.19.